The molecule has 2 aliphatic heterocycles. The van der Waals surface area contributed by atoms with E-state index in [1.807, 2.05) is 4.90 Å². The molecule has 0 bridgehead atoms. The summed E-state index contributed by atoms with van der Waals surface area (Å²) in [6, 6.07) is 2.29. The Balaban J connectivity index is 1.36. The number of carbonyl (C=O) groups is 2. The Morgan fingerprint density at radius 2 is 1.74 bits per heavy atom. The van der Waals surface area contributed by atoms with Gasteiger partial charge in [0.1, 0.15) is 0 Å². The van der Waals surface area contributed by atoms with Gasteiger partial charge in [0.05, 0.1) is 0 Å². The lowest BCUT2D eigenvalue weighted by atomic mass is 9.96. The Morgan fingerprint density at radius 3 is 2.26 bits per heavy atom. The van der Waals surface area contributed by atoms with Gasteiger partial charge in [0.25, 0.3) is 10.0 Å². The molecule has 2 unspecified atom stereocenters. The van der Waals surface area contributed by atoms with Gasteiger partial charge in [0.2, 0.25) is 16.8 Å². The van der Waals surface area contributed by atoms with Crippen LogP contribution in [0.4, 0.5) is 0 Å². The molecule has 9 heteroatoms. The van der Waals surface area contributed by atoms with Crippen molar-refractivity contribution in [2.24, 2.45) is 23.2 Å². The molecule has 8 nitrogen and oxygen atoms in total. The predicted molar refractivity (Wildman–Crippen MR) is 94.5 cm³/mol. The molecule has 2 atom stereocenters. The maximum atomic E-state index is 12.8. The van der Waals surface area contributed by atoms with Crippen LogP contribution in [0.15, 0.2) is 21.6 Å². The van der Waals surface area contributed by atoms with Gasteiger partial charge in [0.15, 0.2) is 0 Å². The third-order valence-corrected chi connectivity index (χ3v) is 8.40. The first kappa shape index (κ1) is 18.5. The zero-order chi connectivity index (χ0) is 19.6. The third-order valence-electron chi connectivity index (χ3n) is 6.62. The molecular formula is C18H24N2O6S. The summed E-state index contributed by atoms with van der Waals surface area (Å²) in [5, 5.41) is 8.51. The van der Waals surface area contributed by atoms with E-state index in [-0.39, 0.29) is 30.0 Å². The fourth-order valence-electron chi connectivity index (χ4n) is 4.61. The minimum absolute atomic E-state index is 0.140. The summed E-state index contributed by atoms with van der Waals surface area (Å²) >= 11 is 0. The van der Waals surface area contributed by atoms with Crippen LogP contribution in [-0.4, -0.2) is 60.8 Å². The van der Waals surface area contributed by atoms with E-state index in [2.05, 4.69) is 13.8 Å². The molecule has 0 aromatic carbocycles. The van der Waals surface area contributed by atoms with E-state index < -0.39 is 21.8 Å². The maximum Gasteiger partial charge on any atom is 0.371 e. The lowest BCUT2D eigenvalue weighted by Crippen LogP contribution is -2.44. The zero-order valence-electron chi connectivity index (χ0n) is 15.4. The molecule has 0 spiro atoms. The number of carboxylic acid groups (broad SMARTS) is 1. The standard InChI is InChI=1S/C18H24N2O6S/c1-18(2)12-9-19(10-13(12)18)16(21)11-5-7-20(8-6-11)27(24,25)15-4-3-14(26-15)17(22)23/h3-4,11-13H,5-10H2,1-2H3,(H,22,23). The molecule has 2 saturated heterocycles. The van der Waals surface area contributed by atoms with Gasteiger partial charge in [-0.25, -0.2) is 13.2 Å². The number of nitrogens with zero attached hydrogens (tertiary/aromatic N) is 2. The summed E-state index contributed by atoms with van der Waals surface area (Å²) in [4.78, 5) is 25.6. The van der Waals surface area contributed by atoms with Crippen LogP contribution in [-0.2, 0) is 14.8 Å². The number of hydrogen-bond donors (Lipinski definition) is 1. The number of carboxylic acids is 1. The average Bonchev–Trinajstić information content (AvgIpc) is 3.11. The summed E-state index contributed by atoms with van der Waals surface area (Å²) in [6.45, 7) is 6.59. The monoisotopic (exact) mass is 396 g/mol. The minimum atomic E-state index is -3.88. The number of carbonyl (C=O) groups excluding carboxylic acids is 1. The molecule has 1 aliphatic carbocycles. The van der Waals surface area contributed by atoms with E-state index in [1.54, 1.807) is 0 Å². The number of aromatic carboxylic acids is 1. The van der Waals surface area contributed by atoms with Crippen molar-refractivity contribution in [3.63, 3.8) is 0 Å². The predicted octanol–water partition coefficient (Wildman–Crippen LogP) is 1.49. The molecular weight excluding hydrogens is 372 g/mol. The maximum absolute atomic E-state index is 12.8. The van der Waals surface area contributed by atoms with Crippen molar-refractivity contribution >= 4 is 21.9 Å². The van der Waals surface area contributed by atoms with Crippen LogP contribution in [0.3, 0.4) is 0 Å². The molecule has 0 radical (unpaired) electrons. The van der Waals surface area contributed by atoms with E-state index in [0.29, 0.717) is 30.1 Å². The van der Waals surface area contributed by atoms with Crippen LogP contribution in [0.5, 0.6) is 0 Å². The summed E-state index contributed by atoms with van der Waals surface area (Å²) in [5.74, 6) is -0.528. The average molecular weight is 396 g/mol. The van der Waals surface area contributed by atoms with Crippen LogP contribution in [0.25, 0.3) is 0 Å². The van der Waals surface area contributed by atoms with Gasteiger partial charge in [0, 0.05) is 32.1 Å². The van der Waals surface area contributed by atoms with Crippen molar-refractivity contribution < 1.29 is 27.5 Å². The van der Waals surface area contributed by atoms with Crippen molar-refractivity contribution in [3.05, 3.63) is 17.9 Å². The zero-order valence-corrected chi connectivity index (χ0v) is 16.2. The van der Waals surface area contributed by atoms with Crippen molar-refractivity contribution in [1.82, 2.24) is 9.21 Å². The topological polar surface area (TPSA) is 108 Å². The van der Waals surface area contributed by atoms with Crippen LogP contribution >= 0.6 is 0 Å². The van der Waals surface area contributed by atoms with Crippen molar-refractivity contribution in [3.8, 4) is 0 Å². The molecule has 3 fully saturated rings. The smallest absolute Gasteiger partial charge is 0.371 e. The molecule has 1 amide bonds. The Bertz CT molecular complexity index is 867. The van der Waals surface area contributed by atoms with E-state index in [4.69, 9.17) is 9.52 Å². The first-order chi connectivity index (χ1) is 12.6. The second-order valence-corrected chi connectivity index (χ2v) is 10.2. The number of hydrogen-bond acceptors (Lipinski definition) is 5. The van der Waals surface area contributed by atoms with Crippen molar-refractivity contribution in [2.45, 2.75) is 31.8 Å². The molecule has 1 aromatic rings. The molecule has 4 rings (SSSR count). The van der Waals surface area contributed by atoms with E-state index in [9.17, 15) is 18.0 Å². The van der Waals surface area contributed by atoms with Gasteiger partial charge in [-0.1, -0.05) is 13.8 Å². The molecule has 1 N–H and O–H groups in total. The number of amides is 1. The summed E-state index contributed by atoms with van der Waals surface area (Å²) < 4.78 is 31.5. The minimum Gasteiger partial charge on any atom is -0.475 e. The lowest BCUT2D eigenvalue weighted by molar-refractivity contribution is -0.136. The van der Waals surface area contributed by atoms with E-state index >= 15 is 0 Å². The van der Waals surface area contributed by atoms with Gasteiger partial charge in [-0.05, 0) is 42.2 Å². The first-order valence-electron chi connectivity index (χ1n) is 9.24. The van der Waals surface area contributed by atoms with Gasteiger partial charge < -0.3 is 14.4 Å². The molecule has 3 heterocycles. The quantitative estimate of drug-likeness (QED) is 0.826. The Labute approximate surface area is 158 Å². The van der Waals surface area contributed by atoms with Crippen LogP contribution < -0.4 is 0 Å². The van der Waals surface area contributed by atoms with Crippen LogP contribution in [0, 0.1) is 23.2 Å². The molecule has 27 heavy (non-hydrogen) atoms. The lowest BCUT2D eigenvalue weighted by Gasteiger charge is -2.33. The van der Waals surface area contributed by atoms with E-state index in [0.717, 1.165) is 25.2 Å². The normalized spacial score (nSPS) is 28.1. The Kier molecular flexibility index (Phi) is 4.15. The van der Waals surface area contributed by atoms with Crippen LogP contribution in [0.2, 0.25) is 0 Å². The molecule has 3 aliphatic rings. The number of fused-ring (bicyclic) bond motifs is 1. The number of piperidine rings is 2. The number of sulfonamides is 1. The number of furan rings is 1. The molecule has 148 valence electrons. The first-order valence-corrected chi connectivity index (χ1v) is 10.7. The van der Waals surface area contributed by atoms with Crippen molar-refractivity contribution in [1.29, 1.82) is 0 Å². The van der Waals surface area contributed by atoms with Gasteiger partial charge in [-0.15, -0.1) is 0 Å². The highest BCUT2D eigenvalue weighted by molar-refractivity contribution is 7.89. The van der Waals surface area contributed by atoms with E-state index in [1.165, 1.54) is 4.31 Å². The molecule has 1 aromatic heterocycles. The second kappa shape index (κ2) is 6.07. The van der Waals surface area contributed by atoms with Gasteiger partial charge in [-0.3, -0.25) is 4.79 Å². The molecule has 1 saturated carbocycles. The number of likely N-dealkylation sites (tertiary alicyclic amines) is 1. The highest BCUT2D eigenvalue weighted by Crippen LogP contribution is 2.62. The summed E-state index contributed by atoms with van der Waals surface area (Å²) in [5.41, 5.74) is 0.353. The van der Waals surface area contributed by atoms with Crippen LogP contribution in [0.1, 0.15) is 37.2 Å². The fourth-order valence-corrected chi connectivity index (χ4v) is 6.00. The highest BCUT2D eigenvalue weighted by atomic mass is 32.2. The SMILES string of the molecule is CC1(C)C2CN(C(=O)C3CCN(S(=O)(=O)c4ccc(C(=O)O)o4)CC3)CC21. The summed E-state index contributed by atoms with van der Waals surface area (Å²) in [7, 11) is -3.88. The third kappa shape index (κ3) is 2.97. The summed E-state index contributed by atoms with van der Waals surface area (Å²) in [6.07, 6.45) is 0.944. The van der Waals surface area contributed by atoms with Gasteiger partial charge >= 0.3 is 5.97 Å². The Morgan fingerprint density at radius 1 is 1.15 bits per heavy atom. The second-order valence-electron chi connectivity index (χ2n) is 8.38. The number of rotatable bonds is 4. The fraction of sp³-hybridized carbons (Fsp3) is 0.667. The van der Waals surface area contributed by atoms with Gasteiger partial charge in [-0.2, -0.15) is 4.31 Å². The van der Waals surface area contributed by atoms with Crippen molar-refractivity contribution in [2.75, 3.05) is 26.2 Å². The highest BCUT2D eigenvalue weighted by Gasteiger charge is 2.62. The largest absolute Gasteiger partial charge is 0.475 e. The Hall–Kier alpha value is -1.87.